The van der Waals surface area contributed by atoms with E-state index in [2.05, 4.69) is 4.98 Å². The van der Waals surface area contributed by atoms with Crippen LogP contribution in [0.2, 0.25) is 0 Å². The second kappa shape index (κ2) is 7.69. The molecule has 1 aromatic heterocycles. The molecule has 7 nitrogen and oxygen atoms in total. The van der Waals surface area contributed by atoms with Crippen LogP contribution >= 0.6 is 0 Å². The number of nitrogens with zero attached hydrogens (tertiary/aromatic N) is 2. The average molecular weight is 357 g/mol. The zero-order valence-corrected chi connectivity index (χ0v) is 11.6. The Bertz CT molecular complexity index is 341. The fourth-order valence-corrected chi connectivity index (χ4v) is 0.861. The number of nitrogens with two attached hydrogens (primary N) is 1. The van der Waals surface area contributed by atoms with Crippen LogP contribution in [0.4, 0.5) is 0 Å². The van der Waals surface area contributed by atoms with Crippen LogP contribution < -0.4 is 10.6 Å². The minimum absolute atomic E-state index is 0. The van der Waals surface area contributed by atoms with Crippen LogP contribution in [0.3, 0.4) is 0 Å². The molecule has 16 heavy (non-hydrogen) atoms. The minimum Gasteiger partial charge on any atom is -0.480 e. The first-order valence-corrected chi connectivity index (χ1v) is 4.27. The van der Waals surface area contributed by atoms with Crippen molar-refractivity contribution in [1.82, 2.24) is 9.71 Å². The summed E-state index contributed by atoms with van der Waals surface area (Å²) in [6, 6.07) is -1.04. The largest absolute Gasteiger partial charge is 0.480 e. The van der Waals surface area contributed by atoms with Gasteiger partial charge in [0.1, 0.15) is 12.4 Å². The van der Waals surface area contributed by atoms with Crippen LogP contribution in [0.1, 0.15) is 12.8 Å². The van der Waals surface area contributed by atoms with E-state index in [-0.39, 0.29) is 53.7 Å². The number of carboxylic acids is 1. The Kier molecular flexibility index (Phi) is 7.43. The molecule has 0 radical (unpaired) electrons. The predicted molar refractivity (Wildman–Crippen MR) is 48.7 cm³/mol. The first kappa shape index (κ1) is 15.5. The van der Waals surface area contributed by atoms with E-state index >= 15 is 0 Å². The van der Waals surface area contributed by atoms with Crippen LogP contribution in [0.15, 0.2) is 18.7 Å². The van der Waals surface area contributed by atoms with Gasteiger partial charge in [0, 0.05) is 47.0 Å². The molecule has 0 unspecified atom stereocenters. The maximum absolute atomic E-state index is 11.1. The summed E-state index contributed by atoms with van der Waals surface area (Å²) < 4.78 is 1.13. The molecule has 0 aliphatic carbocycles. The van der Waals surface area contributed by atoms with Gasteiger partial charge in [0.05, 0.1) is 12.6 Å². The number of hydrogen-bond donors (Lipinski definition) is 2. The topological polar surface area (TPSA) is 107 Å². The van der Waals surface area contributed by atoms with Gasteiger partial charge >= 0.3 is 11.9 Å². The van der Waals surface area contributed by atoms with Crippen molar-refractivity contribution in [3.05, 3.63) is 18.7 Å². The van der Waals surface area contributed by atoms with Gasteiger partial charge in [-0.15, -0.1) is 0 Å². The molecule has 0 bridgehead atoms. The van der Waals surface area contributed by atoms with Gasteiger partial charge < -0.3 is 15.7 Å². The number of carbonyl (C=O) groups excluding carboxylic acids is 1. The summed E-state index contributed by atoms with van der Waals surface area (Å²) in [6.07, 6.45) is 4.22. The smallest absolute Gasteiger partial charge is 0.333 e. The van der Waals surface area contributed by atoms with E-state index in [9.17, 15) is 9.59 Å². The minimum atomic E-state index is -1.13. The third-order valence-corrected chi connectivity index (χ3v) is 1.66. The SMILES string of the molecule is N[C@@H](CCC(=O)On1ccnc1)C(=O)O.[Nd]. The van der Waals surface area contributed by atoms with Crippen molar-refractivity contribution in [2.45, 2.75) is 18.9 Å². The summed E-state index contributed by atoms with van der Waals surface area (Å²) in [5.41, 5.74) is 5.21. The molecule has 0 fully saturated rings. The van der Waals surface area contributed by atoms with Gasteiger partial charge in [0.2, 0.25) is 0 Å². The predicted octanol–water partition coefficient (Wildman–Crippen LogP) is -0.970. The molecular formula is C8H11N3NdO4. The Hall–Kier alpha value is -0.539. The molecular weight excluding hydrogens is 346 g/mol. The first-order chi connectivity index (χ1) is 7.09. The number of carboxylic acid groups (broad SMARTS) is 1. The number of rotatable bonds is 5. The number of imidazole rings is 1. The van der Waals surface area contributed by atoms with Crippen molar-refractivity contribution in [1.29, 1.82) is 0 Å². The van der Waals surface area contributed by atoms with Crippen molar-refractivity contribution < 1.29 is 60.4 Å². The van der Waals surface area contributed by atoms with E-state index in [0.717, 1.165) is 4.73 Å². The molecule has 0 saturated carbocycles. The van der Waals surface area contributed by atoms with Crippen molar-refractivity contribution in [3.8, 4) is 0 Å². The van der Waals surface area contributed by atoms with Crippen molar-refractivity contribution in [2.24, 2.45) is 5.73 Å². The molecule has 0 aliphatic rings. The molecule has 1 atom stereocenters. The van der Waals surface area contributed by atoms with E-state index in [1.165, 1.54) is 18.7 Å². The number of carbonyl (C=O) groups is 2. The molecule has 0 saturated heterocycles. The third kappa shape index (κ3) is 5.52. The summed E-state index contributed by atoms with van der Waals surface area (Å²) in [4.78, 5) is 29.9. The maximum atomic E-state index is 11.1. The molecule has 8 heteroatoms. The Morgan fingerprint density at radius 2 is 2.25 bits per heavy atom. The zero-order valence-electron chi connectivity index (χ0n) is 8.37. The van der Waals surface area contributed by atoms with E-state index in [1.54, 1.807) is 0 Å². The summed E-state index contributed by atoms with van der Waals surface area (Å²) in [7, 11) is 0. The van der Waals surface area contributed by atoms with Gasteiger partial charge in [0.25, 0.3) is 0 Å². The first-order valence-electron chi connectivity index (χ1n) is 4.27. The fourth-order valence-electron chi connectivity index (χ4n) is 0.861. The molecule has 1 rings (SSSR count). The molecule has 0 aliphatic heterocycles. The summed E-state index contributed by atoms with van der Waals surface area (Å²) >= 11 is 0. The van der Waals surface area contributed by atoms with Gasteiger partial charge in [-0.1, -0.05) is 0 Å². The van der Waals surface area contributed by atoms with E-state index in [4.69, 9.17) is 15.7 Å². The van der Waals surface area contributed by atoms with Gasteiger partial charge in [-0.3, -0.25) is 4.79 Å². The van der Waals surface area contributed by atoms with Crippen LogP contribution in [-0.4, -0.2) is 32.8 Å². The number of aromatic nitrogens is 2. The summed E-state index contributed by atoms with van der Waals surface area (Å²) in [5.74, 6) is -1.69. The van der Waals surface area contributed by atoms with Crippen LogP contribution in [0.5, 0.6) is 0 Å². The van der Waals surface area contributed by atoms with E-state index in [1.807, 2.05) is 0 Å². The Morgan fingerprint density at radius 1 is 1.56 bits per heavy atom. The third-order valence-electron chi connectivity index (χ3n) is 1.66. The average Bonchev–Trinajstić information content (AvgIpc) is 2.66. The van der Waals surface area contributed by atoms with Crippen LogP contribution in [0.25, 0.3) is 0 Å². The van der Waals surface area contributed by atoms with Gasteiger partial charge in [-0.2, -0.15) is 4.73 Å². The number of hydrogen-bond acceptors (Lipinski definition) is 5. The number of aliphatic carboxylic acids is 1. The molecule has 0 aromatic carbocycles. The second-order valence-electron chi connectivity index (χ2n) is 2.87. The molecule has 0 spiro atoms. The Labute approximate surface area is 124 Å². The van der Waals surface area contributed by atoms with Crippen LogP contribution in [-0.2, 0) is 9.59 Å². The molecule has 1 aromatic rings. The van der Waals surface area contributed by atoms with Gasteiger partial charge in [-0.25, -0.2) is 9.78 Å². The molecule has 1 heterocycles. The van der Waals surface area contributed by atoms with Gasteiger partial charge in [0.15, 0.2) is 0 Å². The molecule has 86 valence electrons. The quantitative estimate of drug-likeness (QED) is 0.702. The Morgan fingerprint density at radius 3 is 2.75 bits per heavy atom. The maximum Gasteiger partial charge on any atom is 0.333 e. The second-order valence-corrected chi connectivity index (χ2v) is 2.87. The fraction of sp³-hybridized carbons (Fsp3) is 0.375. The van der Waals surface area contributed by atoms with E-state index < -0.39 is 18.0 Å². The van der Waals surface area contributed by atoms with Crippen molar-refractivity contribution in [2.75, 3.05) is 0 Å². The monoisotopic (exact) mass is 355 g/mol. The van der Waals surface area contributed by atoms with E-state index in [0.29, 0.717) is 0 Å². The molecule has 3 N–H and O–H groups in total. The Balaban J connectivity index is 0.00000225. The van der Waals surface area contributed by atoms with Crippen molar-refractivity contribution >= 4 is 11.9 Å². The zero-order chi connectivity index (χ0) is 11.3. The van der Waals surface area contributed by atoms with Crippen molar-refractivity contribution in [3.63, 3.8) is 0 Å². The van der Waals surface area contributed by atoms with Gasteiger partial charge in [-0.05, 0) is 6.42 Å². The normalized spacial score (nSPS) is 11.3. The standard InChI is InChI=1S/C8H11N3O4.Nd/c9-6(8(13)14)1-2-7(12)15-11-4-3-10-5-11;/h3-6H,1-2,9H2,(H,13,14);/t6-;/m0./s1. The summed E-state index contributed by atoms with van der Waals surface area (Å²) in [5, 5.41) is 8.46. The summed E-state index contributed by atoms with van der Waals surface area (Å²) in [6.45, 7) is 0. The van der Waals surface area contributed by atoms with Crippen LogP contribution in [0, 0.1) is 40.8 Å². The molecule has 0 amide bonds.